The highest BCUT2D eigenvalue weighted by Gasteiger charge is 2.14. The van der Waals surface area contributed by atoms with Crippen molar-refractivity contribution in [2.24, 2.45) is 5.92 Å². The second kappa shape index (κ2) is 16.6. The Hall–Kier alpha value is -2.00. The molecular weight excluding hydrogens is 408 g/mol. The third-order valence-corrected chi connectivity index (χ3v) is 5.73. The number of aliphatic hydroxyl groups is 1. The molecular formula is C30H46O3. The molecule has 3 rings (SSSR count). The van der Waals surface area contributed by atoms with Crippen molar-refractivity contribution in [3.63, 3.8) is 0 Å². The summed E-state index contributed by atoms with van der Waals surface area (Å²) in [6.45, 7) is 7.54. The lowest BCUT2D eigenvalue weighted by atomic mass is 9.98. The Kier molecular flexibility index (Phi) is 13.7. The number of aryl methyl sites for hydroxylation is 2. The van der Waals surface area contributed by atoms with Gasteiger partial charge in [-0.2, -0.15) is 0 Å². The Balaban J connectivity index is 0.000000890. The number of rotatable bonds is 12. The summed E-state index contributed by atoms with van der Waals surface area (Å²) in [5.41, 5.74) is 2.69. The van der Waals surface area contributed by atoms with Crippen LogP contribution in [0.4, 0.5) is 0 Å². The first-order valence-electron chi connectivity index (χ1n) is 13.1. The van der Waals surface area contributed by atoms with Gasteiger partial charge in [0.15, 0.2) is 0 Å². The predicted molar refractivity (Wildman–Crippen MR) is 139 cm³/mol. The van der Waals surface area contributed by atoms with E-state index in [-0.39, 0.29) is 0 Å². The number of unbranched alkanes of at least 4 members (excludes halogenated alkanes) is 3. The molecule has 3 nitrogen and oxygen atoms in total. The molecule has 0 aromatic heterocycles. The maximum absolute atomic E-state index is 8.78. The predicted octanol–water partition coefficient (Wildman–Crippen LogP) is 7.78. The van der Waals surface area contributed by atoms with Crippen LogP contribution in [-0.2, 0) is 12.8 Å². The molecule has 0 amide bonds. The van der Waals surface area contributed by atoms with Crippen LogP contribution in [0.5, 0.6) is 11.5 Å². The summed E-state index contributed by atoms with van der Waals surface area (Å²) < 4.78 is 11.9. The topological polar surface area (TPSA) is 38.7 Å². The second-order valence-electron chi connectivity index (χ2n) is 9.88. The highest BCUT2D eigenvalue weighted by Crippen LogP contribution is 2.24. The van der Waals surface area contributed by atoms with E-state index >= 15 is 0 Å². The molecule has 1 aliphatic rings. The number of hydrogen-bond acceptors (Lipinski definition) is 3. The second-order valence-corrected chi connectivity index (χ2v) is 9.88. The Morgan fingerprint density at radius 3 is 1.79 bits per heavy atom. The van der Waals surface area contributed by atoms with Gasteiger partial charge in [-0.15, -0.1) is 0 Å². The molecule has 0 atom stereocenters. The first kappa shape index (κ1) is 27.2. The van der Waals surface area contributed by atoms with Crippen LogP contribution >= 0.6 is 0 Å². The van der Waals surface area contributed by atoms with Crippen molar-refractivity contribution in [3.8, 4) is 11.5 Å². The maximum atomic E-state index is 8.78. The maximum Gasteiger partial charge on any atom is 0.119 e. The molecule has 0 radical (unpaired) electrons. The van der Waals surface area contributed by atoms with Gasteiger partial charge in [0.25, 0.3) is 0 Å². The molecule has 0 unspecified atom stereocenters. The molecule has 33 heavy (non-hydrogen) atoms. The van der Waals surface area contributed by atoms with Crippen molar-refractivity contribution in [1.82, 2.24) is 0 Å². The SMILES string of the molecule is CC(C)C.OCCCCCCOc1ccc(CCc2ccc(OC3CCCCC3)cc2)cc1. The Labute approximate surface area is 202 Å². The Morgan fingerprint density at radius 2 is 1.24 bits per heavy atom. The van der Waals surface area contributed by atoms with Crippen LogP contribution in [0.25, 0.3) is 0 Å². The molecule has 1 fully saturated rings. The van der Waals surface area contributed by atoms with Crippen molar-refractivity contribution in [3.05, 3.63) is 59.7 Å². The quantitative estimate of drug-likeness (QED) is 0.333. The lowest BCUT2D eigenvalue weighted by Crippen LogP contribution is -2.19. The van der Waals surface area contributed by atoms with Gasteiger partial charge in [0, 0.05) is 6.61 Å². The van der Waals surface area contributed by atoms with Crippen molar-refractivity contribution in [2.45, 2.75) is 97.5 Å². The molecule has 0 saturated heterocycles. The van der Waals surface area contributed by atoms with E-state index in [0.717, 1.165) is 62.5 Å². The summed E-state index contributed by atoms with van der Waals surface area (Å²) in [4.78, 5) is 0. The normalized spacial score (nSPS) is 14.0. The zero-order valence-corrected chi connectivity index (χ0v) is 21.2. The van der Waals surface area contributed by atoms with Crippen LogP contribution in [0.3, 0.4) is 0 Å². The number of benzene rings is 2. The highest BCUT2D eigenvalue weighted by atomic mass is 16.5. The summed E-state index contributed by atoms with van der Waals surface area (Å²) in [5.74, 6) is 2.79. The van der Waals surface area contributed by atoms with Crippen LogP contribution < -0.4 is 9.47 Å². The van der Waals surface area contributed by atoms with E-state index in [9.17, 15) is 0 Å². The van der Waals surface area contributed by atoms with Crippen molar-refractivity contribution in [2.75, 3.05) is 13.2 Å². The van der Waals surface area contributed by atoms with Gasteiger partial charge >= 0.3 is 0 Å². The van der Waals surface area contributed by atoms with Gasteiger partial charge in [0.2, 0.25) is 0 Å². The minimum atomic E-state index is 0.292. The molecule has 0 aliphatic heterocycles. The number of aliphatic hydroxyl groups excluding tert-OH is 1. The van der Waals surface area contributed by atoms with E-state index in [1.165, 1.54) is 43.2 Å². The van der Waals surface area contributed by atoms with Gasteiger partial charge in [-0.3, -0.25) is 0 Å². The molecule has 1 N–H and O–H groups in total. The molecule has 1 saturated carbocycles. The summed E-state index contributed by atoms with van der Waals surface area (Å²) in [6, 6.07) is 17.1. The van der Waals surface area contributed by atoms with Gasteiger partial charge in [0.1, 0.15) is 11.5 Å². The Bertz CT molecular complexity index is 712. The van der Waals surface area contributed by atoms with Gasteiger partial charge < -0.3 is 14.6 Å². The van der Waals surface area contributed by atoms with Gasteiger partial charge in [-0.1, -0.05) is 57.9 Å². The molecule has 2 aromatic carbocycles. The van der Waals surface area contributed by atoms with Gasteiger partial charge in [-0.05, 0) is 99.1 Å². The van der Waals surface area contributed by atoms with Crippen LogP contribution in [0.2, 0.25) is 0 Å². The van der Waals surface area contributed by atoms with E-state index in [4.69, 9.17) is 14.6 Å². The van der Waals surface area contributed by atoms with Gasteiger partial charge in [0.05, 0.1) is 12.7 Å². The monoisotopic (exact) mass is 454 g/mol. The van der Waals surface area contributed by atoms with Crippen molar-refractivity contribution >= 4 is 0 Å². The molecule has 0 bridgehead atoms. The summed E-state index contributed by atoms with van der Waals surface area (Å²) in [7, 11) is 0. The summed E-state index contributed by atoms with van der Waals surface area (Å²) in [5, 5.41) is 8.78. The molecule has 0 heterocycles. The zero-order valence-electron chi connectivity index (χ0n) is 21.2. The van der Waals surface area contributed by atoms with Gasteiger partial charge in [-0.25, -0.2) is 0 Å². The first-order chi connectivity index (χ1) is 16.1. The summed E-state index contributed by atoms with van der Waals surface area (Å²) >= 11 is 0. The lowest BCUT2D eigenvalue weighted by molar-refractivity contribution is 0.155. The fourth-order valence-electron chi connectivity index (χ4n) is 3.91. The third kappa shape index (κ3) is 12.7. The minimum Gasteiger partial charge on any atom is -0.494 e. The average molecular weight is 455 g/mol. The van der Waals surface area contributed by atoms with E-state index in [1.54, 1.807) is 0 Å². The largest absolute Gasteiger partial charge is 0.494 e. The lowest BCUT2D eigenvalue weighted by Gasteiger charge is -2.23. The zero-order chi connectivity index (χ0) is 23.7. The standard InChI is InChI=1S/C26H36O3.C4H10/c27-20-6-1-2-7-21-28-24-16-12-22(13-17-24)10-11-23-14-18-26(19-15-23)29-25-8-4-3-5-9-25;1-4(2)3/h12-19,25,27H,1-11,20-21H2;4H,1-3H3. The fourth-order valence-corrected chi connectivity index (χ4v) is 3.91. The van der Waals surface area contributed by atoms with Crippen LogP contribution in [0, 0.1) is 5.92 Å². The average Bonchev–Trinajstić information content (AvgIpc) is 2.82. The van der Waals surface area contributed by atoms with Crippen LogP contribution in [-0.4, -0.2) is 24.4 Å². The van der Waals surface area contributed by atoms with E-state index in [2.05, 4.69) is 69.3 Å². The van der Waals surface area contributed by atoms with Crippen LogP contribution in [0.1, 0.15) is 89.7 Å². The molecule has 2 aromatic rings. The summed E-state index contributed by atoms with van der Waals surface area (Å²) in [6.07, 6.45) is 13.0. The Morgan fingerprint density at radius 1 is 0.727 bits per heavy atom. The first-order valence-corrected chi connectivity index (χ1v) is 13.1. The molecule has 3 heteroatoms. The van der Waals surface area contributed by atoms with E-state index in [1.807, 2.05) is 0 Å². The highest BCUT2D eigenvalue weighted by molar-refractivity contribution is 5.30. The smallest absolute Gasteiger partial charge is 0.119 e. The van der Waals surface area contributed by atoms with E-state index in [0.29, 0.717) is 12.7 Å². The molecule has 184 valence electrons. The number of ether oxygens (including phenoxy) is 2. The molecule has 1 aliphatic carbocycles. The minimum absolute atomic E-state index is 0.292. The fraction of sp³-hybridized carbons (Fsp3) is 0.600. The molecule has 0 spiro atoms. The third-order valence-electron chi connectivity index (χ3n) is 5.73. The number of hydrogen-bond donors (Lipinski definition) is 1. The van der Waals surface area contributed by atoms with Crippen molar-refractivity contribution < 1.29 is 14.6 Å². The van der Waals surface area contributed by atoms with Crippen LogP contribution in [0.15, 0.2) is 48.5 Å². The van der Waals surface area contributed by atoms with E-state index < -0.39 is 0 Å². The van der Waals surface area contributed by atoms with Crippen molar-refractivity contribution in [1.29, 1.82) is 0 Å².